The van der Waals surface area contributed by atoms with E-state index >= 15 is 0 Å². The van der Waals surface area contributed by atoms with E-state index in [1.165, 1.54) is 5.56 Å². The van der Waals surface area contributed by atoms with Crippen LogP contribution in [0.25, 0.3) is 0 Å². The molecule has 0 aliphatic carbocycles. The third kappa shape index (κ3) is 5.45. The molecule has 0 saturated heterocycles. The molecular weight excluding hydrogens is 242 g/mol. The first-order chi connectivity index (χ1) is 8.77. The predicted octanol–water partition coefficient (Wildman–Crippen LogP) is 2.67. The van der Waals surface area contributed by atoms with Crippen LogP contribution in [0.4, 0.5) is 0 Å². The number of benzene rings is 1. The van der Waals surface area contributed by atoms with Crippen LogP contribution in [-0.4, -0.2) is 31.1 Å². The maximum absolute atomic E-state index is 4.54. The van der Waals surface area contributed by atoms with Gasteiger partial charge >= 0.3 is 0 Å². The Morgan fingerprint density at radius 3 is 2.67 bits per heavy atom. The van der Waals surface area contributed by atoms with Gasteiger partial charge in [0.05, 0.1) is 12.6 Å². The average Bonchev–Trinajstić information content (AvgIpc) is 2.40. The van der Waals surface area contributed by atoms with Gasteiger partial charge in [-0.1, -0.05) is 30.3 Å². The summed E-state index contributed by atoms with van der Waals surface area (Å²) in [4.78, 5) is 4.54. The Morgan fingerprint density at radius 2 is 2.06 bits per heavy atom. The van der Waals surface area contributed by atoms with Crippen molar-refractivity contribution < 1.29 is 0 Å². The van der Waals surface area contributed by atoms with Crippen molar-refractivity contribution >= 4 is 17.7 Å². The Kier molecular flexibility index (Phi) is 7.34. The van der Waals surface area contributed by atoms with Crippen molar-refractivity contribution in [3.63, 3.8) is 0 Å². The van der Waals surface area contributed by atoms with Crippen LogP contribution in [0.2, 0.25) is 0 Å². The molecule has 1 unspecified atom stereocenters. The number of aliphatic imine (C=N–C) groups is 1. The molecular formula is C14H23N3S. The largest absolute Gasteiger partial charge is 0.357 e. The van der Waals surface area contributed by atoms with Crippen LogP contribution in [0, 0.1) is 0 Å². The predicted molar refractivity (Wildman–Crippen MR) is 82.4 cm³/mol. The molecule has 1 rings (SSSR count). The second-order valence-electron chi connectivity index (χ2n) is 4.03. The van der Waals surface area contributed by atoms with Crippen molar-refractivity contribution in [1.29, 1.82) is 0 Å². The van der Waals surface area contributed by atoms with Crippen molar-refractivity contribution in [3.05, 3.63) is 35.9 Å². The highest BCUT2D eigenvalue weighted by Gasteiger charge is 2.06. The lowest BCUT2D eigenvalue weighted by molar-refractivity contribution is 0.688. The van der Waals surface area contributed by atoms with Gasteiger partial charge in [-0.25, -0.2) is 0 Å². The lowest BCUT2D eigenvalue weighted by Crippen LogP contribution is -2.38. The first kappa shape index (κ1) is 14.9. The minimum Gasteiger partial charge on any atom is -0.357 e. The Balaban J connectivity index is 2.57. The second kappa shape index (κ2) is 8.86. The van der Waals surface area contributed by atoms with Crippen molar-refractivity contribution in [3.8, 4) is 0 Å². The van der Waals surface area contributed by atoms with Gasteiger partial charge in [0, 0.05) is 12.3 Å². The SMILES string of the molecule is CCNC(=NCCSC)NC(C)c1ccccc1. The third-order valence-electron chi connectivity index (χ3n) is 2.56. The summed E-state index contributed by atoms with van der Waals surface area (Å²) in [5.74, 6) is 1.94. The molecule has 1 atom stereocenters. The van der Waals surface area contributed by atoms with E-state index in [1.54, 1.807) is 0 Å². The number of guanidine groups is 1. The fourth-order valence-electron chi connectivity index (χ4n) is 1.60. The number of nitrogens with zero attached hydrogens (tertiary/aromatic N) is 1. The standard InChI is InChI=1S/C14H23N3S/c1-4-15-14(16-10-11-18-3)17-12(2)13-8-6-5-7-9-13/h5-9,12H,4,10-11H2,1-3H3,(H2,15,16,17). The third-order valence-corrected chi connectivity index (χ3v) is 3.15. The molecule has 18 heavy (non-hydrogen) atoms. The second-order valence-corrected chi connectivity index (χ2v) is 5.02. The van der Waals surface area contributed by atoms with Crippen molar-refractivity contribution in [2.24, 2.45) is 4.99 Å². The summed E-state index contributed by atoms with van der Waals surface area (Å²) in [6.07, 6.45) is 2.10. The van der Waals surface area contributed by atoms with Crippen molar-refractivity contribution in [1.82, 2.24) is 10.6 Å². The summed E-state index contributed by atoms with van der Waals surface area (Å²) in [5, 5.41) is 6.69. The van der Waals surface area contributed by atoms with E-state index in [0.717, 1.165) is 24.8 Å². The number of thioether (sulfide) groups is 1. The molecule has 0 radical (unpaired) electrons. The van der Waals surface area contributed by atoms with E-state index in [9.17, 15) is 0 Å². The molecule has 0 spiro atoms. The highest BCUT2D eigenvalue weighted by molar-refractivity contribution is 7.98. The first-order valence-electron chi connectivity index (χ1n) is 6.36. The highest BCUT2D eigenvalue weighted by Crippen LogP contribution is 2.10. The lowest BCUT2D eigenvalue weighted by Gasteiger charge is -2.18. The Morgan fingerprint density at radius 1 is 1.33 bits per heavy atom. The van der Waals surface area contributed by atoms with Crippen LogP contribution in [0.1, 0.15) is 25.5 Å². The molecule has 0 bridgehead atoms. The summed E-state index contributed by atoms with van der Waals surface area (Å²) in [7, 11) is 0. The van der Waals surface area contributed by atoms with Crippen LogP contribution in [-0.2, 0) is 0 Å². The molecule has 2 N–H and O–H groups in total. The summed E-state index contributed by atoms with van der Waals surface area (Å²) in [6, 6.07) is 10.7. The molecule has 4 heteroatoms. The minimum absolute atomic E-state index is 0.262. The van der Waals surface area contributed by atoms with Crippen molar-refractivity contribution in [2.75, 3.05) is 25.1 Å². The average molecular weight is 265 g/mol. The maximum atomic E-state index is 4.54. The highest BCUT2D eigenvalue weighted by atomic mass is 32.2. The first-order valence-corrected chi connectivity index (χ1v) is 7.76. The molecule has 0 heterocycles. The minimum atomic E-state index is 0.262. The summed E-state index contributed by atoms with van der Waals surface area (Å²) in [6.45, 7) is 5.96. The summed E-state index contributed by atoms with van der Waals surface area (Å²) < 4.78 is 0. The van der Waals surface area contributed by atoms with E-state index in [-0.39, 0.29) is 6.04 Å². The number of hydrogen-bond acceptors (Lipinski definition) is 2. The van der Waals surface area contributed by atoms with Gasteiger partial charge in [0.25, 0.3) is 0 Å². The topological polar surface area (TPSA) is 36.4 Å². The zero-order chi connectivity index (χ0) is 13.2. The molecule has 0 aliphatic rings. The van der Waals surface area contributed by atoms with E-state index < -0.39 is 0 Å². The van der Waals surface area contributed by atoms with Crippen LogP contribution in [0.15, 0.2) is 35.3 Å². The number of hydrogen-bond donors (Lipinski definition) is 2. The molecule has 0 fully saturated rings. The molecule has 1 aromatic carbocycles. The monoisotopic (exact) mass is 265 g/mol. The van der Waals surface area contributed by atoms with E-state index in [2.05, 4.69) is 60.0 Å². The Hall–Kier alpha value is -1.16. The zero-order valence-corrected chi connectivity index (χ0v) is 12.3. The molecule has 1 aromatic rings. The van der Waals surface area contributed by atoms with Crippen LogP contribution < -0.4 is 10.6 Å². The van der Waals surface area contributed by atoms with Gasteiger partial charge in [-0.3, -0.25) is 4.99 Å². The molecule has 0 saturated carbocycles. The van der Waals surface area contributed by atoms with E-state index in [4.69, 9.17) is 0 Å². The van der Waals surface area contributed by atoms with Gasteiger partial charge in [0.15, 0.2) is 5.96 Å². The van der Waals surface area contributed by atoms with Gasteiger partial charge in [-0.15, -0.1) is 0 Å². The van der Waals surface area contributed by atoms with Gasteiger partial charge in [-0.05, 0) is 25.7 Å². The number of rotatable bonds is 6. The van der Waals surface area contributed by atoms with E-state index in [1.807, 2.05) is 17.8 Å². The molecule has 0 amide bonds. The summed E-state index contributed by atoms with van der Waals surface area (Å²) >= 11 is 1.81. The van der Waals surface area contributed by atoms with Crippen LogP contribution >= 0.6 is 11.8 Å². The molecule has 0 aliphatic heterocycles. The van der Waals surface area contributed by atoms with Gasteiger partial charge < -0.3 is 10.6 Å². The smallest absolute Gasteiger partial charge is 0.191 e. The Labute approximate surface area is 114 Å². The van der Waals surface area contributed by atoms with Crippen molar-refractivity contribution in [2.45, 2.75) is 19.9 Å². The van der Waals surface area contributed by atoms with E-state index in [0.29, 0.717) is 0 Å². The Bertz CT molecular complexity index is 351. The molecule has 100 valence electrons. The van der Waals surface area contributed by atoms with Gasteiger partial charge in [0.1, 0.15) is 0 Å². The van der Waals surface area contributed by atoms with Crippen LogP contribution in [0.5, 0.6) is 0 Å². The van der Waals surface area contributed by atoms with Gasteiger partial charge in [0.2, 0.25) is 0 Å². The maximum Gasteiger partial charge on any atom is 0.191 e. The van der Waals surface area contributed by atoms with Crippen LogP contribution in [0.3, 0.4) is 0 Å². The molecule has 0 aromatic heterocycles. The normalized spacial score (nSPS) is 13.2. The molecule has 3 nitrogen and oxygen atoms in total. The fourth-order valence-corrected chi connectivity index (χ4v) is 1.87. The summed E-state index contributed by atoms with van der Waals surface area (Å²) in [5.41, 5.74) is 1.27. The number of nitrogens with one attached hydrogen (secondary N) is 2. The van der Waals surface area contributed by atoms with Gasteiger partial charge in [-0.2, -0.15) is 11.8 Å². The lowest BCUT2D eigenvalue weighted by atomic mass is 10.1. The zero-order valence-electron chi connectivity index (χ0n) is 11.4. The quantitative estimate of drug-likeness (QED) is 0.472. The fraction of sp³-hybridized carbons (Fsp3) is 0.500.